The summed E-state index contributed by atoms with van der Waals surface area (Å²) in [6.07, 6.45) is 2.74. The largest absolute Gasteiger partial charge is 0.401 e. The van der Waals surface area contributed by atoms with Crippen LogP contribution in [-0.4, -0.2) is 9.78 Å². The molecule has 1 aromatic rings. The van der Waals surface area contributed by atoms with E-state index >= 15 is 0 Å². The van der Waals surface area contributed by atoms with E-state index in [1.165, 1.54) is 5.57 Å². The Balaban J connectivity index is 2.44. The zero-order chi connectivity index (χ0) is 7.14. The van der Waals surface area contributed by atoms with Gasteiger partial charge in [0.1, 0.15) is 0 Å². The van der Waals surface area contributed by atoms with Gasteiger partial charge >= 0.3 is 0 Å². The van der Waals surface area contributed by atoms with Gasteiger partial charge in [0.05, 0.1) is 5.69 Å². The Kier molecular flexibility index (Phi) is 0.897. The molecule has 0 aromatic carbocycles. The summed E-state index contributed by atoms with van der Waals surface area (Å²) in [6, 6.07) is 1.98. The van der Waals surface area contributed by atoms with E-state index in [2.05, 4.69) is 5.10 Å². The lowest BCUT2D eigenvalue weighted by Crippen LogP contribution is -1.92. The monoisotopic (exact) mass is 135 g/mol. The quantitative estimate of drug-likeness (QED) is 0.609. The summed E-state index contributed by atoms with van der Waals surface area (Å²) in [7, 11) is 1.92. The van der Waals surface area contributed by atoms with Crippen LogP contribution in [0.1, 0.15) is 12.1 Å². The van der Waals surface area contributed by atoms with Crippen molar-refractivity contribution >= 4 is 5.57 Å². The van der Waals surface area contributed by atoms with E-state index in [9.17, 15) is 0 Å². The molecule has 10 heavy (non-hydrogen) atoms. The highest BCUT2D eigenvalue weighted by molar-refractivity contribution is 5.79. The van der Waals surface area contributed by atoms with Gasteiger partial charge in [-0.3, -0.25) is 4.68 Å². The van der Waals surface area contributed by atoms with Gasteiger partial charge in [-0.15, -0.1) is 0 Å². The maximum Gasteiger partial charge on any atom is 0.0659 e. The molecule has 1 aromatic heterocycles. The first kappa shape index (κ1) is 5.53. The first-order valence-electron chi connectivity index (χ1n) is 3.25. The molecule has 2 rings (SSSR count). The highest BCUT2D eigenvalue weighted by Gasteiger charge is 2.21. The third kappa shape index (κ3) is 0.635. The second kappa shape index (κ2) is 1.62. The van der Waals surface area contributed by atoms with Gasteiger partial charge in [-0.25, -0.2) is 0 Å². The number of hydrogen-bond acceptors (Lipinski definition) is 2. The molecule has 0 unspecified atom stereocenters. The van der Waals surface area contributed by atoms with Crippen LogP contribution in [0.25, 0.3) is 5.57 Å². The highest BCUT2D eigenvalue weighted by Crippen LogP contribution is 2.35. The van der Waals surface area contributed by atoms with Crippen molar-refractivity contribution in [2.75, 3.05) is 0 Å². The average molecular weight is 135 g/mol. The molecule has 0 amide bonds. The number of nitrogens with two attached hydrogens (primary N) is 1. The molecule has 1 aliphatic rings. The number of nitrogens with zero attached hydrogens (tertiary/aromatic N) is 2. The van der Waals surface area contributed by atoms with Crippen LogP contribution in [0.2, 0.25) is 0 Å². The molecular weight excluding hydrogens is 126 g/mol. The first-order chi connectivity index (χ1) is 4.79. The molecule has 0 aliphatic heterocycles. The molecule has 52 valence electrons. The number of aromatic nitrogens is 2. The molecule has 0 saturated carbocycles. The van der Waals surface area contributed by atoms with Crippen LogP contribution >= 0.6 is 0 Å². The fraction of sp³-hybridized carbons (Fsp3) is 0.286. The summed E-state index contributed by atoms with van der Waals surface area (Å²) in [5.74, 6) is 0. The minimum absolute atomic E-state index is 0.958. The van der Waals surface area contributed by atoms with Crippen LogP contribution in [0.15, 0.2) is 18.0 Å². The van der Waals surface area contributed by atoms with E-state index in [0.29, 0.717) is 0 Å². The molecule has 0 spiro atoms. The molecule has 1 aliphatic carbocycles. The second-order valence-electron chi connectivity index (χ2n) is 2.52. The summed E-state index contributed by atoms with van der Waals surface area (Å²) >= 11 is 0. The third-order valence-electron chi connectivity index (χ3n) is 1.76. The van der Waals surface area contributed by atoms with Crippen molar-refractivity contribution in [1.82, 2.24) is 9.78 Å². The molecule has 0 fully saturated rings. The number of allylic oxidation sites excluding steroid dienone is 2. The molecule has 2 N–H and O–H groups in total. The maximum atomic E-state index is 5.57. The van der Waals surface area contributed by atoms with Gasteiger partial charge in [-0.05, 0) is 6.07 Å². The van der Waals surface area contributed by atoms with Gasteiger partial charge < -0.3 is 5.73 Å². The van der Waals surface area contributed by atoms with E-state index in [1.807, 2.05) is 17.8 Å². The van der Waals surface area contributed by atoms with Gasteiger partial charge in [0.2, 0.25) is 0 Å². The molecule has 0 radical (unpaired) electrons. The Bertz CT molecular complexity index is 296. The van der Waals surface area contributed by atoms with E-state index < -0.39 is 0 Å². The molecule has 0 atom stereocenters. The van der Waals surface area contributed by atoms with Crippen molar-refractivity contribution in [1.29, 1.82) is 0 Å². The van der Waals surface area contributed by atoms with Crippen molar-refractivity contribution < 1.29 is 0 Å². The average Bonchev–Trinajstić information content (AvgIpc) is 2.42. The Morgan fingerprint density at radius 2 is 2.40 bits per heavy atom. The summed E-state index contributed by atoms with van der Waals surface area (Å²) in [6.45, 7) is 0. The number of hydrogen-bond donors (Lipinski definition) is 1. The van der Waals surface area contributed by atoms with Crippen molar-refractivity contribution in [3.8, 4) is 0 Å². The SMILES string of the molecule is Cn1nccc1C1=C(N)C1. The predicted molar refractivity (Wildman–Crippen MR) is 38.9 cm³/mol. The predicted octanol–water partition coefficient (Wildman–Crippen LogP) is 0.494. The fourth-order valence-corrected chi connectivity index (χ4v) is 1.07. The zero-order valence-corrected chi connectivity index (χ0v) is 5.83. The van der Waals surface area contributed by atoms with Gasteiger partial charge in [-0.1, -0.05) is 0 Å². The van der Waals surface area contributed by atoms with Crippen LogP contribution in [0.3, 0.4) is 0 Å². The molecule has 0 saturated heterocycles. The summed E-state index contributed by atoms with van der Waals surface area (Å²) in [5.41, 5.74) is 8.97. The number of aryl methyl sites for hydroxylation is 1. The minimum atomic E-state index is 0.958. The lowest BCUT2D eigenvalue weighted by atomic mass is 10.3. The number of rotatable bonds is 1. The Labute approximate surface area is 59.1 Å². The summed E-state index contributed by atoms with van der Waals surface area (Å²) in [5, 5.41) is 4.04. The Hall–Kier alpha value is -1.25. The van der Waals surface area contributed by atoms with E-state index in [1.54, 1.807) is 6.20 Å². The minimum Gasteiger partial charge on any atom is -0.401 e. The van der Waals surface area contributed by atoms with E-state index in [0.717, 1.165) is 17.8 Å². The lowest BCUT2D eigenvalue weighted by molar-refractivity contribution is 0.757. The van der Waals surface area contributed by atoms with Crippen LogP contribution in [-0.2, 0) is 7.05 Å². The van der Waals surface area contributed by atoms with Crippen LogP contribution in [0.5, 0.6) is 0 Å². The molecule has 3 nitrogen and oxygen atoms in total. The van der Waals surface area contributed by atoms with Crippen LogP contribution in [0.4, 0.5) is 0 Å². The van der Waals surface area contributed by atoms with Gasteiger partial charge in [0, 0.05) is 30.9 Å². The normalized spacial score (nSPS) is 16.1. The standard InChI is InChI=1S/C7H9N3/c1-10-7(2-3-9-10)5-4-6(5)8/h2-3H,4,8H2,1H3. The van der Waals surface area contributed by atoms with Crippen LogP contribution < -0.4 is 5.73 Å². The van der Waals surface area contributed by atoms with Gasteiger partial charge in [0.25, 0.3) is 0 Å². The Morgan fingerprint density at radius 1 is 1.70 bits per heavy atom. The highest BCUT2D eigenvalue weighted by atomic mass is 15.3. The lowest BCUT2D eigenvalue weighted by Gasteiger charge is -1.92. The maximum absolute atomic E-state index is 5.57. The summed E-state index contributed by atoms with van der Waals surface area (Å²) in [4.78, 5) is 0. The van der Waals surface area contributed by atoms with Crippen LogP contribution in [0, 0.1) is 0 Å². The zero-order valence-electron chi connectivity index (χ0n) is 5.83. The smallest absolute Gasteiger partial charge is 0.0659 e. The Morgan fingerprint density at radius 3 is 2.80 bits per heavy atom. The molecule has 3 heteroatoms. The van der Waals surface area contributed by atoms with Crippen molar-refractivity contribution in [3.63, 3.8) is 0 Å². The van der Waals surface area contributed by atoms with Crippen molar-refractivity contribution in [3.05, 3.63) is 23.7 Å². The summed E-state index contributed by atoms with van der Waals surface area (Å²) < 4.78 is 1.84. The fourth-order valence-electron chi connectivity index (χ4n) is 1.07. The topological polar surface area (TPSA) is 43.8 Å². The second-order valence-corrected chi connectivity index (χ2v) is 2.52. The van der Waals surface area contributed by atoms with E-state index in [-0.39, 0.29) is 0 Å². The van der Waals surface area contributed by atoms with Crippen molar-refractivity contribution in [2.24, 2.45) is 12.8 Å². The van der Waals surface area contributed by atoms with Crippen molar-refractivity contribution in [2.45, 2.75) is 6.42 Å². The van der Waals surface area contributed by atoms with Gasteiger partial charge in [0.15, 0.2) is 0 Å². The molecule has 0 bridgehead atoms. The first-order valence-corrected chi connectivity index (χ1v) is 3.25. The van der Waals surface area contributed by atoms with E-state index in [4.69, 9.17) is 5.73 Å². The molecule has 1 heterocycles. The van der Waals surface area contributed by atoms with Gasteiger partial charge in [-0.2, -0.15) is 5.10 Å². The molecular formula is C7H9N3. The third-order valence-corrected chi connectivity index (χ3v) is 1.76.